The van der Waals surface area contributed by atoms with Crippen molar-refractivity contribution in [3.8, 4) is 0 Å². The first-order chi connectivity index (χ1) is 26.9. The van der Waals surface area contributed by atoms with Crippen LogP contribution in [0.2, 0.25) is 0 Å². The maximum Gasteiger partial charge on any atom is 0.306 e. The number of rotatable bonds is 44. The Morgan fingerprint density at radius 1 is 0.345 bits per heavy atom. The zero-order valence-electron chi connectivity index (χ0n) is 37.4. The number of hydrogen-bond donors (Lipinski definition) is 0. The molecule has 0 saturated heterocycles. The largest absolute Gasteiger partial charge is 0.462 e. The van der Waals surface area contributed by atoms with Crippen molar-refractivity contribution in [3.05, 3.63) is 0 Å². The third-order valence-electron chi connectivity index (χ3n) is 11.0. The number of carbonyl (C=O) groups excluding carboxylic acids is 3. The highest BCUT2D eigenvalue weighted by Gasteiger charge is 2.19. The lowest BCUT2D eigenvalue weighted by Gasteiger charge is -2.18. The van der Waals surface area contributed by atoms with E-state index in [1.807, 2.05) is 0 Å². The van der Waals surface area contributed by atoms with Gasteiger partial charge in [-0.1, -0.05) is 233 Å². The Balaban J connectivity index is 4.14. The van der Waals surface area contributed by atoms with Crippen LogP contribution in [0, 0.1) is 5.92 Å². The first-order valence-electron chi connectivity index (χ1n) is 24.4. The van der Waals surface area contributed by atoms with Crippen LogP contribution in [0.3, 0.4) is 0 Å². The summed E-state index contributed by atoms with van der Waals surface area (Å²) in [6.45, 7) is 8.95. The Hall–Kier alpha value is -1.59. The minimum absolute atomic E-state index is 0.0641. The summed E-state index contributed by atoms with van der Waals surface area (Å²) in [4.78, 5) is 37.6. The SMILES string of the molecule is CCCCCCCCCCCCCCCCCC(=O)OC[C@@H](COC(=O)CCCCCCC)OC(=O)CCCCCCCCCCCCCCCCC(C)C. The maximum atomic E-state index is 12.7. The van der Waals surface area contributed by atoms with Crippen LogP contribution in [-0.4, -0.2) is 37.2 Å². The molecule has 0 aromatic heterocycles. The van der Waals surface area contributed by atoms with Crippen LogP contribution in [0.4, 0.5) is 0 Å². The van der Waals surface area contributed by atoms with E-state index >= 15 is 0 Å². The molecule has 0 aliphatic heterocycles. The van der Waals surface area contributed by atoms with E-state index in [-0.39, 0.29) is 31.1 Å². The highest BCUT2D eigenvalue weighted by Crippen LogP contribution is 2.17. The summed E-state index contributed by atoms with van der Waals surface area (Å²) >= 11 is 0. The van der Waals surface area contributed by atoms with Crippen molar-refractivity contribution in [2.75, 3.05) is 13.2 Å². The molecule has 0 rings (SSSR count). The smallest absolute Gasteiger partial charge is 0.306 e. The van der Waals surface area contributed by atoms with Gasteiger partial charge in [0.1, 0.15) is 13.2 Å². The van der Waals surface area contributed by atoms with Gasteiger partial charge in [0.25, 0.3) is 0 Å². The van der Waals surface area contributed by atoms with Gasteiger partial charge in [-0.25, -0.2) is 0 Å². The molecule has 0 radical (unpaired) electrons. The normalized spacial score (nSPS) is 11.9. The predicted octanol–water partition coefficient (Wildman–Crippen LogP) is 15.5. The Kier molecular flexibility index (Phi) is 42.3. The van der Waals surface area contributed by atoms with Crippen LogP contribution in [0.5, 0.6) is 0 Å². The molecule has 55 heavy (non-hydrogen) atoms. The summed E-state index contributed by atoms with van der Waals surface area (Å²) in [5.41, 5.74) is 0. The molecule has 6 nitrogen and oxygen atoms in total. The second-order valence-corrected chi connectivity index (χ2v) is 17.2. The van der Waals surface area contributed by atoms with Gasteiger partial charge in [-0.15, -0.1) is 0 Å². The Labute approximate surface area is 342 Å². The summed E-state index contributed by atoms with van der Waals surface area (Å²) in [5, 5.41) is 0. The quantitative estimate of drug-likeness (QED) is 0.0348. The second-order valence-electron chi connectivity index (χ2n) is 17.2. The fraction of sp³-hybridized carbons (Fsp3) is 0.939. The molecule has 0 aliphatic carbocycles. The molecule has 6 heteroatoms. The number of ether oxygens (including phenoxy) is 3. The van der Waals surface area contributed by atoms with Gasteiger partial charge in [0.15, 0.2) is 6.10 Å². The van der Waals surface area contributed by atoms with Crippen molar-refractivity contribution < 1.29 is 28.6 Å². The molecular weight excluding hydrogens is 685 g/mol. The lowest BCUT2D eigenvalue weighted by atomic mass is 10.0. The fourth-order valence-corrected chi connectivity index (χ4v) is 7.33. The zero-order chi connectivity index (χ0) is 40.3. The topological polar surface area (TPSA) is 78.9 Å². The summed E-state index contributed by atoms with van der Waals surface area (Å²) in [6.07, 6.45) is 44.0. The molecule has 0 saturated carbocycles. The first-order valence-corrected chi connectivity index (χ1v) is 24.4. The number of carbonyl (C=O) groups is 3. The third kappa shape index (κ3) is 43.4. The lowest BCUT2D eigenvalue weighted by molar-refractivity contribution is -0.167. The Morgan fingerprint density at radius 2 is 0.600 bits per heavy atom. The van der Waals surface area contributed by atoms with Crippen LogP contribution in [0.25, 0.3) is 0 Å². The van der Waals surface area contributed by atoms with Crippen molar-refractivity contribution in [1.29, 1.82) is 0 Å². The fourth-order valence-electron chi connectivity index (χ4n) is 7.33. The molecule has 1 atom stereocenters. The first kappa shape index (κ1) is 53.4. The van der Waals surface area contributed by atoms with Gasteiger partial charge >= 0.3 is 17.9 Å². The lowest BCUT2D eigenvalue weighted by Crippen LogP contribution is -2.30. The molecule has 0 N–H and O–H groups in total. The van der Waals surface area contributed by atoms with Gasteiger partial charge < -0.3 is 14.2 Å². The van der Waals surface area contributed by atoms with Gasteiger partial charge in [-0.05, 0) is 25.2 Å². The Bertz CT molecular complexity index is 826. The number of hydrogen-bond acceptors (Lipinski definition) is 6. The molecule has 0 fully saturated rings. The van der Waals surface area contributed by atoms with E-state index in [9.17, 15) is 14.4 Å². The predicted molar refractivity (Wildman–Crippen MR) is 233 cm³/mol. The maximum absolute atomic E-state index is 12.7. The highest BCUT2D eigenvalue weighted by atomic mass is 16.6. The van der Waals surface area contributed by atoms with Crippen molar-refractivity contribution in [3.63, 3.8) is 0 Å². The van der Waals surface area contributed by atoms with Crippen LogP contribution in [0.1, 0.15) is 272 Å². The summed E-state index contributed by atoms with van der Waals surface area (Å²) in [5.74, 6) is -0.0191. The van der Waals surface area contributed by atoms with Gasteiger partial charge in [-0.3, -0.25) is 14.4 Å². The average molecular weight is 779 g/mol. The molecule has 0 unspecified atom stereocenters. The standard InChI is InChI=1S/C49H94O6/c1-5-7-9-11-12-13-14-15-16-20-23-26-29-33-37-41-48(51)54-44-46(43-53-47(50)40-36-31-10-8-6-2)55-49(52)42-38-34-30-27-24-21-18-17-19-22-25-28-32-35-39-45(3)4/h45-46H,5-44H2,1-4H3/t46-/m1/s1. The number of unbranched alkanes of at least 4 members (excludes halogenated alkanes) is 31. The van der Waals surface area contributed by atoms with Crippen LogP contribution in [-0.2, 0) is 28.6 Å². The molecule has 0 aromatic carbocycles. The van der Waals surface area contributed by atoms with Gasteiger partial charge in [0.05, 0.1) is 0 Å². The second kappa shape index (κ2) is 43.5. The molecule has 0 aromatic rings. The zero-order valence-corrected chi connectivity index (χ0v) is 37.4. The van der Waals surface area contributed by atoms with E-state index in [0.717, 1.165) is 70.1 Å². The molecule has 0 amide bonds. The van der Waals surface area contributed by atoms with E-state index < -0.39 is 6.10 Å². The molecule has 0 bridgehead atoms. The van der Waals surface area contributed by atoms with E-state index in [1.165, 1.54) is 161 Å². The highest BCUT2D eigenvalue weighted by molar-refractivity contribution is 5.71. The van der Waals surface area contributed by atoms with Crippen molar-refractivity contribution >= 4 is 17.9 Å². The van der Waals surface area contributed by atoms with E-state index in [4.69, 9.17) is 14.2 Å². The molecule has 0 heterocycles. The molecular formula is C49H94O6. The Morgan fingerprint density at radius 3 is 0.891 bits per heavy atom. The summed E-state index contributed by atoms with van der Waals surface area (Å²) in [6, 6.07) is 0. The molecule has 0 aliphatic rings. The van der Waals surface area contributed by atoms with Crippen LogP contribution < -0.4 is 0 Å². The monoisotopic (exact) mass is 779 g/mol. The van der Waals surface area contributed by atoms with E-state index in [2.05, 4.69) is 27.7 Å². The number of esters is 3. The molecule has 0 spiro atoms. The minimum atomic E-state index is -0.758. The van der Waals surface area contributed by atoms with Gasteiger partial charge in [0, 0.05) is 19.3 Å². The third-order valence-corrected chi connectivity index (χ3v) is 11.0. The molecule has 326 valence electrons. The van der Waals surface area contributed by atoms with Crippen LogP contribution in [0.15, 0.2) is 0 Å². The van der Waals surface area contributed by atoms with Crippen LogP contribution >= 0.6 is 0 Å². The van der Waals surface area contributed by atoms with Crippen molar-refractivity contribution in [2.45, 2.75) is 278 Å². The van der Waals surface area contributed by atoms with E-state index in [1.54, 1.807) is 0 Å². The van der Waals surface area contributed by atoms with Gasteiger partial charge in [-0.2, -0.15) is 0 Å². The van der Waals surface area contributed by atoms with Crippen molar-refractivity contribution in [1.82, 2.24) is 0 Å². The average Bonchev–Trinajstić information content (AvgIpc) is 3.17. The van der Waals surface area contributed by atoms with E-state index in [0.29, 0.717) is 19.3 Å². The summed E-state index contributed by atoms with van der Waals surface area (Å²) < 4.78 is 16.7. The minimum Gasteiger partial charge on any atom is -0.462 e. The van der Waals surface area contributed by atoms with Gasteiger partial charge in [0.2, 0.25) is 0 Å². The summed E-state index contributed by atoms with van der Waals surface area (Å²) in [7, 11) is 0. The van der Waals surface area contributed by atoms with Crippen molar-refractivity contribution in [2.24, 2.45) is 5.92 Å².